The third-order valence-electron chi connectivity index (χ3n) is 4.91. The lowest BCUT2D eigenvalue weighted by Crippen LogP contribution is -2.33. The van der Waals surface area contributed by atoms with Crippen molar-refractivity contribution in [2.24, 2.45) is 11.8 Å². The van der Waals surface area contributed by atoms with E-state index in [1.165, 1.54) is 0 Å². The maximum absolute atomic E-state index is 13.1. The molecule has 1 heterocycles. The van der Waals surface area contributed by atoms with Gasteiger partial charge >= 0.3 is 12.1 Å². The van der Waals surface area contributed by atoms with Gasteiger partial charge in [-0.1, -0.05) is 42.5 Å². The van der Waals surface area contributed by atoms with E-state index < -0.39 is 24.0 Å². The number of benzene rings is 2. The first-order chi connectivity index (χ1) is 12.8. The monoisotopic (exact) mass is 379 g/mol. The number of ether oxygens (including phenoxy) is 1. The standard InChI is InChI=1S/C20H20F3NO3/c1-27-18-5-3-2-4-15(18)14-8-6-13(7-9-14)10-24-11-16(19(25)26)17(12-24)20(21,22)23/h2-9,16-17H,10-12H2,1H3,(H,25,26)/t16-,17-/m1/s1. The van der Waals surface area contributed by atoms with Crippen LogP contribution in [-0.4, -0.2) is 42.4 Å². The maximum atomic E-state index is 13.1. The molecule has 0 radical (unpaired) electrons. The van der Waals surface area contributed by atoms with Gasteiger partial charge in [0.1, 0.15) is 5.75 Å². The molecule has 0 saturated carbocycles. The normalized spacial score (nSPS) is 20.6. The van der Waals surface area contributed by atoms with Crippen LogP contribution in [0.2, 0.25) is 0 Å². The lowest BCUT2D eigenvalue weighted by molar-refractivity contribution is -0.188. The lowest BCUT2D eigenvalue weighted by atomic mass is 9.96. The number of hydrogen-bond donors (Lipinski definition) is 1. The fourth-order valence-electron chi connectivity index (χ4n) is 3.53. The number of carbonyl (C=O) groups is 1. The SMILES string of the molecule is COc1ccccc1-c1ccc(CN2C[C@@H](C(F)(F)F)[C@H](C(=O)O)C2)cc1. The molecule has 0 bridgehead atoms. The molecule has 2 atom stereocenters. The molecule has 1 N–H and O–H groups in total. The van der Waals surface area contributed by atoms with Crippen molar-refractivity contribution in [2.75, 3.05) is 20.2 Å². The van der Waals surface area contributed by atoms with Gasteiger partial charge in [0.25, 0.3) is 0 Å². The summed E-state index contributed by atoms with van der Waals surface area (Å²) in [7, 11) is 1.59. The van der Waals surface area contributed by atoms with Crippen LogP contribution >= 0.6 is 0 Å². The Balaban J connectivity index is 1.73. The molecule has 144 valence electrons. The molecule has 1 saturated heterocycles. The molecule has 1 aliphatic rings. The number of carboxylic acid groups (broad SMARTS) is 1. The second-order valence-electron chi connectivity index (χ2n) is 6.68. The number of halogens is 3. The van der Waals surface area contributed by atoms with Crippen molar-refractivity contribution < 1.29 is 27.8 Å². The summed E-state index contributed by atoms with van der Waals surface area (Å²) in [6, 6.07) is 15.0. The lowest BCUT2D eigenvalue weighted by Gasteiger charge is -2.18. The number of likely N-dealkylation sites (tertiary alicyclic amines) is 1. The van der Waals surface area contributed by atoms with E-state index in [-0.39, 0.29) is 19.6 Å². The zero-order valence-corrected chi connectivity index (χ0v) is 14.7. The number of para-hydroxylation sites is 1. The predicted octanol–water partition coefficient (Wildman–Crippen LogP) is 4.06. The van der Waals surface area contributed by atoms with E-state index in [0.29, 0.717) is 0 Å². The summed E-state index contributed by atoms with van der Waals surface area (Å²) in [5, 5.41) is 9.10. The van der Waals surface area contributed by atoms with Crippen molar-refractivity contribution in [1.29, 1.82) is 0 Å². The molecule has 0 aromatic heterocycles. The molecule has 1 fully saturated rings. The van der Waals surface area contributed by atoms with Crippen molar-refractivity contribution >= 4 is 5.97 Å². The van der Waals surface area contributed by atoms with Gasteiger partial charge in [0.15, 0.2) is 0 Å². The van der Waals surface area contributed by atoms with E-state index >= 15 is 0 Å². The molecular formula is C20H20F3NO3. The Morgan fingerprint density at radius 1 is 1.15 bits per heavy atom. The molecule has 27 heavy (non-hydrogen) atoms. The summed E-state index contributed by atoms with van der Waals surface area (Å²) >= 11 is 0. The first-order valence-corrected chi connectivity index (χ1v) is 8.54. The van der Waals surface area contributed by atoms with Gasteiger partial charge in [0, 0.05) is 25.2 Å². The minimum atomic E-state index is -4.51. The Morgan fingerprint density at radius 2 is 1.81 bits per heavy atom. The Labute approximate surface area is 155 Å². The van der Waals surface area contributed by atoms with Crippen LogP contribution in [-0.2, 0) is 11.3 Å². The summed E-state index contributed by atoms with van der Waals surface area (Å²) in [5.41, 5.74) is 2.70. The Hall–Kier alpha value is -2.54. The molecule has 0 spiro atoms. The van der Waals surface area contributed by atoms with Gasteiger partial charge in [-0.05, 0) is 17.2 Å². The second kappa shape index (κ2) is 7.60. The average Bonchev–Trinajstić information content (AvgIpc) is 3.07. The summed E-state index contributed by atoms with van der Waals surface area (Å²) < 4.78 is 44.6. The van der Waals surface area contributed by atoms with E-state index in [1.54, 1.807) is 12.0 Å². The second-order valence-corrected chi connectivity index (χ2v) is 6.68. The summed E-state index contributed by atoms with van der Waals surface area (Å²) in [5.74, 6) is -3.91. The average molecular weight is 379 g/mol. The highest BCUT2D eigenvalue weighted by Gasteiger charge is 2.52. The van der Waals surface area contributed by atoms with E-state index in [2.05, 4.69) is 0 Å². The van der Waals surface area contributed by atoms with Gasteiger partial charge in [-0.2, -0.15) is 13.2 Å². The molecule has 0 amide bonds. The molecule has 2 aromatic carbocycles. The zero-order valence-electron chi connectivity index (χ0n) is 14.7. The highest BCUT2D eigenvalue weighted by Crippen LogP contribution is 2.38. The topological polar surface area (TPSA) is 49.8 Å². The molecule has 0 unspecified atom stereocenters. The van der Waals surface area contributed by atoms with Crippen LogP contribution in [0.4, 0.5) is 13.2 Å². The van der Waals surface area contributed by atoms with E-state index in [1.807, 2.05) is 48.5 Å². The summed E-state index contributed by atoms with van der Waals surface area (Å²) in [4.78, 5) is 12.7. The van der Waals surface area contributed by atoms with Gasteiger partial charge in [-0.3, -0.25) is 9.69 Å². The number of aliphatic carboxylic acids is 1. The van der Waals surface area contributed by atoms with Crippen LogP contribution in [0.5, 0.6) is 5.75 Å². The molecule has 4 nitrogen and oxygen atoms in total. The van der Waals surface area contributed by atoms with Crippen LogP contribution in [0.25, 0.3) is 11.1 Å². The molecule has 3 rings (SSSR count). The first-order valence-electron chi connectivity index (χ1n) is 8.54. The van der Waals surface area contributed by atoms with Crippen molar-refractivity contribution in [1.82, 2.24) is 4.90 Å². The number of rotatable bonds is 5. The molecule has 0 aliphatic carbocycles. The fourth-order valence-corrected chi connectivity index (χ4v) is 3.53. The van der Waals surface area contributed by atoms with Crippen molar-refractivity contribution in [2.45, 2.75) is 12.7 Å². The third kappa shape index (κ3) is 4.24. The van der Waals surface area contributed by atoms with E-state index in [9.17, 15) is 18.0 Å². The number of alkyl halides is 3. The van der Waals surface area contributed by atoms with Crippen molar-refractivity contribution in [3.8, 4) is 16.9 Å². The van der Waals surface area contributed by atoms with Crippen LogP contribution in [0, 0.1) is 11.8 Å². The van der Waals surface area contributed by atoms with Crippen LogP contribution in [0.1, 0.15) is 5.56 Å². The highest BCUT2D eigenvalue weighted by molar-refractivity contribution is 5.71. The Bertz CT molecular complexity index is 805. The predicted molar refractivity (Wildman–Crippen MR) is 94.4 cm³/mol. The molecule has 1 aliphatic heterocycles. The Morgan fingerprint density at radius 3 is 2.37 bits per heavy atom. The first kappa shape index (κ1) is 19.2. The quantitative estimate of drug-likeness (QED) is 0.851. The van der Waals surface area contributed by atoms with Gasteiger partial charge in [0.2, 0.25) is 0 Å². The summed E-state index contributed by atoms with van der Waals surface area (Å²) in [6.07, 6.45) is -4.51. The van der Waals surface area contributed by atoms with Crippen molar-refractivity contribution in [3.63, 3.8) is 0 Å². The molecular weight excluding hydrogens is 359 g/mol. The minimum absolute atomic E-state index is 0.103. The minimum Gasteiger partial charge on any atom is -0.496 e. The van der Waals surface area contributed by atoms with Gasteiger partial charge in [0.05, 0.1) is 18.9 Å². The Kier molecular flexibility index (Phi) is 5.41. The van der Waals surface area contributed by atoms with Crippen molar-refractivity contribution in [3.05, 3.63) is 54.1 Å². The van der Waals surface area contributed by atoms with Crippen LogP contribution in [0.3, 0.4) is 0 Å². The molecule has 2 aromatic rings. The third-order valence-corrected chi connectivity index (χ3v) is 4.91. The highest BCUT2D eigenvalue weighted by atomic mass is 19.4. The number of methoxy groups -OCH3 is 1. The number of hydrogen-bond acceptors (Lipinski definition) is 3. The summed E-state index contributed by atoms with van der Waals surface area (Å²) in [6.45, 7) is -0.120. The van der Waals surface area contributed by atoms with Gasteiger partial charge < -0.3 is 9.84 Å². The van der Waals surface area contributed by atoms with E-state index in [4.69, 9.17) is 9.84 Å². The molecule has 7 heteroatoms. The van der Waals surface area contributed by atoms with Gasteiger partial charge in [-0.15, -0.1) is 0 Å². The number of carboxylic acids is 1. The van der Waals surface area contributed by atoms with Crippen LogP contribution in [0.15, 0.2) is 48.5 Å². The van der Waals surface area contributed by atoms with Crippen LogP contribution < -0.4 is 4.74 Å². The van der Waals surface area contributed by atoms with Gasteiger partial charge in [-0.25, -0.2) is 0 Å². The zero-order chi connectivity index (χ0) is 19.6. The number of nitrogens with zero attached hydrogens (tertiary/aromatic N) is 1. The van der Waals surface area contributed by atoms with E-state index in [0.717, 1.165) is 22.4 Å². The fraction of sp³-hybridized carbons (Fsp3) is 0.350. The maximum Gasteiger partial charge on any atom is 0.393 e. The smallest absolute Gasteiger partial charge is 0.393 e. The largest absolute Gasteiger partial charge is 0.496 e.